The van der Waals surface area contributed by atoms with E-state index in [0.717, 1.165) is 29.2 Å². The molecule has 2 aromatic carbocycles. The second-order valence-corrected chi connectivity index (χ2v) is 9.31. The summed E-state index contributed by atoms with van der Waals surface area (Å²) in [5.74, 6) is 1.88. The number of benzene rings is 2. The summed E-state index contributed by atoms with van der Waals surface area (Å²) >= 11 is 3.69. The Balaban J connectivity index is 1.48. The highest BCUT2D eigenvalue weighted by atomic mass is 79.9. The van der Waals surface area contributed by atoms with Crippen molar-refractivity contribution in [3.05, 3.63) is 58.9 Å². The van der Waals surface area contributed by atoms with Crippen molar-refractivity contribution in [2.24, 2.45) is 5.92 Å². The molecule has 1 aliphatic rings. The summed E-state index contributed by atoms with van der Waals surface area (Å²) in [5.41, 5.74) is 3.97. The number of unbranched alkanes of at least 4 members (excludes halogenated alkanes) is 4. The van der Waals surface area contributed by atoms with Crippen LogP contribution in [0.3, 0.4) is 0 Å². The Bertz CT molecular complexity index is 716. The Morgan fingerprint density at radius 1 is 0.897 bits per heavy atom. The van der Waals surface area contributed by atoms with E-state index in [9.17, 15) is 0 Å². The third-order valence-electron chi connectivity index (χ3n) is 6.12. The predicted octanol–water partition coefficient (Wildman–Crippen LogP) is 8.79. The molecule has 2 aromatic rings. The zero-order chi connectivity index (χ0) is 20.3. The first-order chi connectivity index (χ1) is 14.3. The molecule has 0 unspecified atom stereocenters. The average Bonchev–Trinajstić information content (AvgIpc) is 2.77. The average molecular weight is 456 g/mol. The van der Waals surface area contributed by atoms with Crippen LogP contribution in [0.2, 0.25) is 0 Å². The molecule has 0 aromatic heterocycles. The van der Waals surface area contributed by atoms with Gasteiger partial charge in [-0.15, -0.1) is 0 Å². The Kier molecular flexibility index (Phi) is 9.60. The predicted molar refractivity (Wildman–Crippen MR) is 128 cm³/mol. The lowest BCUT2D eigenvalue weighted by Gasteiger charge is -2.21. The van der Waals surface area contributed by atoms with Gasteiger partial charge in [-0.3, -0.25) is 0 Å². The van der Waals surface area contributed by atoms with Gasteiger partial charge in [0.2, 0.25) is 0 Å². The SMILES string of the molecule is CCCCCCCOc1ccc(-c2ccc(CCC3CC[CH]CC3)cc2)cc1Br. The summed E-state index contributed by atoms with van der Waals surface area (Å²) in [4.78, 5) is 0. The zero-order valence-corrected chi connectivity index (χ0v) is 19.6. The first-order valence-electron chi connectivity index (χ1n) is 11.6. The summed E-state index contributed by atoms with van der Waals surface area (Å²) in [6.45, 7) is 3.05. The minimum Gasteiger partial charge on any atom is -0.492 e. The smallest absolute Gasteiger partial charge is 0.133 e. The number of aryl methyl sites for hydroxylation is 1. The van der Waals surface area contributed by atoms with Crippen molar-refractivity contribution < 1.29 is 4.74 Å². The maximum atomic E-state index is 5.97. The number of hydrogen-bond donors (Lipinski definition) is 0. The molecule has 3 rings (SSSR count). The molecular weight excluding hydrogens is 420 g/mol. The molecule has 0 saturated heterocycles. The number of rotatable bonds is 11. The van der Waals surface area contributed by atoms with E-state index in [1.165, 1.54) is 80.9 Å². The van der Waals surface area contributed by atoms with Crippen molar-refractivity contribution >= 4 is 15.9 Å². The van der Waals surface area contributed by atoms with Crippen LogP contribution in [0.15, 0.2) is 46.9 Å². The number of ether oxygens (including phenoxy) is 1. The van der Waals surface area contributed by atoms with E-state index in [0.29, 0.717) is 0 Å². The lowest BCUT2D eigenvalue weighted by atomic mass is 9.85. The van der Waals surface area contributed by atoms with E-state index in [1.807, 2.05) is 0 Å². The highest BCUT2D eigenvalue weighted by molar-refractivity contribution is 9.10. The van der Waals surface area contributed by atoms with Crippen LogP contribution in [0.1, 0.15) is 76.7 Å². The Morgan fingerprint density at radius 2 is 1.62 bits per heavy atom. The van der Waals surface area contributed by atoms with Gasteiger partial charge in [0.25, 0.3) is 0 Å². The normalized spacial score (nSPS) is 14.8. The first-order valence-corrected chi connectivity index (χ1v) is 12.4. The maximum Gasteiger partial charge on any atom is 0.133 e. The van der Waals surface area contributed by atoms with Gasteiger partial charge in [0.1, 0.15) is 5.75 Å². The van der Waals surface area contributed by atoms with Gasteiger partial charge in [0.15, 0.2) is 0 Å². The fourth-order valence-electron chi connectivity index (χ4n) is 4.20. The second kappa shape index (κ2) is 12.4. The highest BCUT2D eigenvalue weighted by Gasteiger charge is 2.13. The van der Waals surface area contributed by atoms with E-state index < -0.39 is 0 Å². The Morgan fingerprint density at radius 3 is 2.34 bits per heavy atom. The lowest BCUT2D eigenvalue weighted by Crippen LogP contribution is -2.07. The van der Waals surface area contributed by atoms with Gasteiger partial charge in [0.05, 0.1) is 11.1 Å². The first kappa shape index (κ1) is 22.4. The summed E-state index contributed by atoms with van der Waals surface area (Å²) in [6, 6.07) is 15.6. The second-order valence-electron chi connectivity index (χ2n) is 8.45. The van der Waals surface area contributed by atoms with Crippen molar-refractivity contribution in [3.63, 3.8) is 0 Å². The molecule has 1 radical (unpaired) electrons. The van der Waals surface area contributed by atoms with Crippen LogP contribution in [0.4, 0.5) is 0 Å². The van der Waals surface area contributed by atoms with Gasteiger partial charge in [-0.2, -0.15) is 0 Å². The summed E-state index contributed by atoms with van der Waals surface area (Å²) in [7, 11) is 0. The quantitative estimate of drug-likeness (QED) is 0.307. The lowest BCUT2D eigenvalue weighted by molar-refractivity contribution is 0.303. The number of hydrogen-bond acceptors (Lipinski definition) is 1. The van der Waals surface area contributed by atoms with Crippen molar-refractivity contribution in [1.82, 2.24) is 0 Å². The molecule has 0 bridgehead atoms. The van der Waals surface area contributed by atoms with E-state index >= 15 is 0 Å². The third-order valence-corrected chi connectivity index (χ3v) is 6.74. The fraction of sp³-hybridized carbons (Fsp3) is 0.519. The van der Waals surface area contributed by atoms with Gasteiger partial charge < -0.3 is 4.74 Å². The molecule has 1 saturated carbocycles. The van der Waals surface area contributed by atoms with Crippen LogP contribution < -0.4 is 4.74 Å². The topological polar surface area (TPSA) is 9.23 Å². The Hall–Kier alpha value is -1.28. The van der Waals surface area contributed by atoms with Gasteiger partial charge in [-0.1, -0.05) is 75.8 Å². The molecule has 0 aliphatic heterocycles. The molecule has 0 heterocycles. The third kappa shape index (κ3) is 7.48. The van der Waals surface area contributed by atoms with Crippen LogP contribution in [0.25, 0.3) is 11.1 Å². The summed E-state index contributed by atoms with van der Waals surface area (Å²) in [6.07, 6.45) is 16.7. The molecule has 0 atom stereocenters. The van der Waals surface area contributed by atoms with E-state index in [4.69, 9.17) is 4.74 Å². The van der Waals surface area contributed by atoms with Crippen LogP contribution in [0, 0.1) is 12.3 Å². The molecule has 1 nitrogen and oxygen atoms in total. The van der Waals surface area contributed by atoms with E-state index in [-0.39, 0.29) is 0 Å². The van der Waals surface area contributed by atoms with Gasteiger partial charge in [-0.25, -0.2) is 0 Å². The van der Waals surface area contributed by atoms with Crippen molar-refractivity contribution in [1.29, 1.82) is 0 Å². The molecular formula is C27H36BrO. The highest BCUT2D eigenvalue weighted by Crippen LogP contribution is 2.32. The van der Waals surface area contributed by atoms with Crippen LogP contribution in [0.5, 0.6) is 5.75 Å². The van der Waals surface area contributed by atoms with Crippen molar-refractivity contribution in [2.45, 2.75) is 77.6 Å². The van der Waals surface area contributed by atoms with Crippen LogP contribution in [-0.4, -0.2) is 6.61 Å². The summed E-state index contributed by atoms with van der Waals surface area (Å²) < 4.78 is 7.01. The van der Waals surface area contributed by atoms with Gasteiger partial charge in [0, 0.05) is 0 Å². The Labute approximate surface area is 186 Å². The number of halogens is 1. The van der Waals surface area contributed by atoms with E-state index in [1.54, 1.807) is 0 Å². The molecule has 0 amide bonds. The molecule has 1 fully saturated rings. The maximum absolute atomic E-state index is 5.97. The molecule has 157 valence electrons. The summed E-state index contributed by atoms with van der Waals surface area (Å²) in [5, 5.41) is 0. The minimum atomic E-state index is 0.801. The zero-order valence-electron chi connectivity index (χ0n) is 18.0. The molecule has 0 N–H and O–H groups in total. The van der Waals surface area contributed by atoms with Gasteiger partial charge >= 0.3 is 0 Å². The molecule has 1 aliphatic carbocycles. The van der Waals surface area contributed by atoms with Crippen molar-refractivity contribution in [2.75, 3.05) is 6.61 Å². The monoisotopic (exact) mass is 455 g/mol. The van der Waals surface area contributed by atoms with Crippen LogP contribution >= 0.6 is 15.9 Å². The molecule has 29 heavy (non-hydrogen) atoms. The molecule has 2 heteroatoms. The standard InChI is InChI=1S/C27H36BrO/c1-2-3-4-5-9-20-29-27-19-18-25(21-26(27)28)24-16-14-23(15-17-24)13-12-22-10-7-6-8-11-22/h6,14-19,21-22H,2-5,7-13,20H2,1H3. The minimum absolute atomic E-state index is 0.801. The fourth-order valence-corrected chi connectivity index (χ4v) is 4.70. The van der Waals surface area contributed by atoms with Crippen molar-refractivity contribution in [3.8, 4) is 16.9 Å². The van der Waals surface area contributed by atoms with Crippen LogP contribution in [-0.2, 0) is 6.42 Å². The van der Waals surface area contributed by atoms with Gasteiger partial charge in [-0.05, 0) is 89.2 Å². The molecule has 0 spiro atoms. The largest absolute Gasteiger partial charge is 0.492 e. The van der Waals surface area contributed by atoms with E-state index in [2.05, 4.69) is 71.7 Å².